The first-order valence-corrected chi connectivity index (χ1v) is 7.20. The second-order valence-electron chi connectivity index (χ2n) is 5.38. The molecule has 0 aliphatic heterocycles. The van der Waals surface area contributed by atoms with E-state index in [-0.39, 0.29) is 12.2 Å². The predicted octanol–water partition coefficient (Wildman–Crippen LogP) is 2.49. The third kappa shape index (κ3) is 3.72. The Morgan fingerprint density at radius 2 is 2.10 bits per heavy atom. The molecule has 0 spiro atoms. The van der Waals surface area contributed by atoms with Gasteiger partial charge in [0.15, 0.2) is 0 Å². The van der Waals surface area contributed by atoms with Crippen molar-refractivity contribution >= 4 is 0 Å². The minimum absolute atomic E-state index is 0.147. The second-order valence-corrected chi connectivity index (χ2v) is 5.38. The van der Waals surface area contributed by atoms with Gasteiger partial charge in [-0.3, -0.25) is 0 Å². The average Bonchev–Trinajstić information content (AvgIpc) is 2.45. The summed E-state index contributed by atoms with van der Waals surface area (Å²) in [6, 6.07) is 5.81. The Balaban J connectivity index is 1.92. The van der Waals surface area contributed by atoms with Gasteiger partial charge in [-0.25, -0.2) is 0 Å². The molecule has 4 heteroatoms. The molecule has 112 valence electrons. The zero-order chi connectivity index (χ0) is 14.5. The molecule has 1 aromatic rings. The van der Waals surface area contributed by atoms with Gasteiger partial charge in [-0.15, -0.1) is 0 Å². The monoisotopic (exact) mass is 280 g/mol. The summed E-state index contributed by atoms with van der Waals surface area (Å²) in [7, 11) is 1.65. The lowest BCUT2D eigenvalue weighted by molar-refractivity contribution is -0.0710. The molecule has 2 atom stereocenters. The first-order valence-electron chi connectivity index (χ1n) is 7.20. The summed E-state index contributed by atoms with van der Waals surface area (Å²) in [6.07, 6.45) is 1.22. The van der Waals surface area contributed by atoms with Crippen LogP contribution in [0.25, 0.3) is 0 Å². The van der Waals surface area contributed by atoms with Crippen LogP contribution in [0.4, 0.5) is 0 Å². The summed E-state index contributed by atoms with van der Waals surface area (Å²) < 4.78 is 16.4. The third-order valence-electron chi connectivity index (χ3n) is 3.59. The quantitative estimate of drug-likeness (QED) is 0.813. The Morgan fingerprint density at radius 1 is 1.30 bits per heavy atom. The van der Waals surface area contributed by atoms with Crippen LogP contribution in [0.1, 0.15) is 37.5 Å². The first-order chi connectivity index (χ1) is 9.61. The van der Waals surface area contributed by atoms with Crippen LogP contribution in [0.15, 0.2) is 18.2 Å². The number of rotatable bonds is 6. The van der Waals surface area contributed by atoms with Crippen LogP contribution in [0, 0.1) is 0 Å². The van der Waals surface area contributed by atoms with Gasteiger partial charge < -0.3 is 19.3 Å². The van der Waals surface area contributed by atoms with Crippen LogP contribution in [-0.4, -0.2) is 37.6 Å². The molecule has 4 nitrogen and oxygen atoms in total. The number of methoxy groups -OCH3 is 1. The smallest absolute Gasteiger partial charge is 0.119 e. The molecule has 0 radical (unpaired) electrons. The van der Waals surface area contributed by atoms with E-state index in [4.69, 9.17) is 14.2 Å². The molecule has 0 saturated carbocycles. The summed E-state index contributed by atoms with van der Waals surface area (Å²) in [5.74, 6) is 0.834. The summed E-state index contributed by atoms with van der Waals surface area (Å²) >= 11 is 0. The third-order valence-corrected chi connectivity index (χ3v) is 3.59. The Kier molecular flexibility index (Phi) is 5.40. The molecule has 2 rings (SSSR count). The van der Waals surface area contributed by atoms with Gasteiger partial charge in [0.2, 0.25) is 0 Å². The normalized spacial score (nSPS) is 21.9. The highest BCUT2D eigenvalue weighted by atomic mass is 16.5. The number of aryl methyl sites for hydroxylation is 1. The molecule has 0 amide bonds. The summed E-state index contributed by atoms with van der Waals surface area (Å²) in [6.45, 7) is 5.08. The molecular formula is C16H24O4. The van der Waals surface area contributed by atoms with Crippen molar-refractivity contribution < 1.29 is 19.3 Å². The maximum absolute atomic E-state index is 10.4. The molecule has 0 aromatic heterocycles. The molecule has 1 N–H and O–H groups in total. The van der Waals surface area contributed by atoms with Crippen molar-refractivity contribution in [3.63, 3.8) is 0 Å². The van der Waals surface area contributed by atoms with Crippen LogP contribution in [-0.2, 0) is 15.9 Å². The Bertz CT molecular complexity index is 430. The van der Waals surface area contributed by atoms with Crippen molar-refractivity contribution in [3.8, 4) is 5.75 Å². The summed E-state index contributed by atoms with van der Waals surface area (Å²) in [4.78, 5) is 0. The van der Waals surface area contributed by atoms with Crippen LogP contribution >= 0.6 is 0 Å². The molecule has 20 heavy (non-hydrogen) atoms. The summed E-state index contributed by atoms with van der Waals surface area (Å²) in [5.41, 5.74) is 2.10. The Hall–Kier alpha value is -1.10. The molecule has 0 heterocycles. The van der Waals surface area contributed by atoms with E-state index >= 15 is 0 Å². The molecule has 1 aliphatic rings. The van der Waals surface area contributed by atoms with Gasteiger partial charge in [-0.2, -0.15) is 0 Å². The van der Waals surface area contributed by atoms with Crippen molar-refractivity contribution in [3.05, 3.63) is 29.3 Å². The van der Waals surface area contributed by atoms with Crippen molar-refractivity contribution in [1.82, 2.24) is 0 Å². The first kappa shape index (κ1) is 15.3. The van der Waals surface area contributed by atoms with Gasteiger partial charge in [-0.1, -0.05) is 6.07 Å². The van der Waals surface area contributed by atoms with Gasteiger partial charge >= 0.3 is 0 Å². The highest BCUT2D eigenvalue weighted by Gasteiger charge is 2.28. The lowest BCUT2D eigenvalue weighted by Crippen LogP contribution is -2.29. The van der Waals surface area contributed by atoms with Gasteiger partial charge in [0.05, 0.1) is 32.5 Å². The largest absolute Gasteiger partial charge is 0.497 e. The van der Waals surface area contributed by atoms with E-state index in [1.807, 2.05) is 32.0 Å². The Morgan fingerprint density at radius 3 is 2.80 bits per heavy atom. The summed E-state index contributed by atoms with van der Waals surface area (Å²) in [5, 5.41) is 10.4. The zero-order valence-corrected chi connectivity index (χ0v) is 12.5. The van der Waals surface area contributed by atoms with E-state index in [1.54, 1.807) is 7.11 Å². The number of aliphatic hydroxyl groups excluding tert-OH is 1. The average molecular weight is 280 g/mol. The van der Waals surface area contributed by atoms with E-state index in [0.717, 1.165) is 29.7 Å². The fourth-order valence-electron chi connectivity index (χ4n) is 2.53. The van der Waals surface area contributed by atoms with Crippen LogP contribution in [0.2, 0.25) is 0 Å². The van der Waals surface area contributed by atoms with E-state index in [2.05, 4.69) is 0 Å². The molecule has 0 fully saturated rings. The highest BCUT2D eigenvalue weighted by molar-refractivity contribution is 5.39. The zero-order valence-electron chi connectivity index (χ0n) is 12.5. The molecule has 0 saturated heterocycles. The van der Waals surface area contributed by atoms with E-state index in [9.17, 15) is 5.11 Å². The molecule has 1 aromatic carbocycles. The van der Waals surface area contributed by atoms with Gasteiger partial charge in [0, 0.05) is 0 Å². The standard InChI is InChI=1S/C16H24O4/c1-11(2)19-8-9-20-15-7-4-12-10-13(18-3)5-6-14(12)16(15)17/h5-6,10-11,15-17H,4,7-9H2,1-3H3. The number of hydrogen-bond donors (Lipinski definition) is 1. The van der Waals surface area contributed by atoms with Crippen molar-refractivity contribution in [1.29, 1.82) is 0 Å². The molecule has 2 unspecified atom stereocenters. The maximum Gasteiger partial charge on any atom is 0.119 e. The van der Waals surface area contributed by atoms with Crippen molar-refractivity contribution in [2.45, 2.75) is 45.0 Å². The fourth-order valence-corrected chi connectivity index (χ4v) is 2.53. The topological polar surface area (TPSA) is 47.9 Å². The van der Waals surface area contributed by atoms with Gasteiger partial charge in [0.25, 0.3) is 0 Å². The maximum atomic E-state index is 10.4. The number of benzene rings is 1. The predicted molar refractivity (Wildman–Crippen MR) is 77.1 cm³/mol. The fraction of sp³-hybridized carbons (Fsp3) is 0.625. The second kappa shape index (κ2) is 7.07. The minimum Gasteiger partial charge on any atom is -0.497 e. The van der Waals surface area contributed by atoms with Crippen LogP contribution < -0.4 is 4.74 Å². The lowest BCUT2D eigenvalue weighted by atomic mass is 9.87. The lowest BCUT2D eigenvalue weighted by Gasteiger charge is -2.30. The molecule has 1 aliphatic carbocycles. The van der Waals surface area contributed by atoms with Gasteiger partial charge in [-0.05, 0) is 49.9 Å². The Labute approximate surface area is 120 Å². The van der Waals surface area contributed by atoms with Crippen LogP contribution in [0.5, 0.6) is 5.75 Å². The highest BCUT2D eigenvalue weighted by Crippen LogP contribution is 2.33. The van der Waals surface area contributed by atoms with Crippen molar-refractivity contribution in [2.75, 3.05) is 20.3 Å². The number of aliphatic hydroxyl groups is 1. The number of hydrogen-bond acceptors (Lipinski definition) is 4. The SMILES string of the molecule is COc1ccc2c(c1)CCC(OCCOC(C)C)C2O. The minimum atomic E-state index is -0.566. The molecule has 0 bridgehead atoms. The van der Waals surface area contributed by atoms with E-state index in [0.29, 0.717) is 13.2 Å². The van der Waals surface area contributed by atoms with E-state index < -0.39 is 6.10 Å². The van der Waals surface area contributed by atoms with E-state index in [1.165, 1.54) is 0 Å². The number of fused-ring (bicyclic) bond motifs is 1. The molecular weight excluding hydrogens is 256 g/mol. The van der Waals surface area contributed by atoms with Gasteiger partial charge in [0.1, 0.15) is 11.9 Å². The number of ether oxygens (including phenoxy) is 3. The van der Waals surface area contributed by atoms with Crippen molar-refractivity contribution in [2.24, 2.45) is 0 Å². The van der Waals surface area contributed by atoms with Crippen LogP contribution in [0.3, 0.4) is 0 Å².